The van der Waals surface area contributed by atoms with E-state index in [1.165, 1.54) is 30.3 Å². The number of alkyl halides is 3. The number of halogens is 4. The molecule has 0 unspecified atom stereocenters. The van der Waals surface area contributed by atoms with Crippen LogP contribution >= 0.6 is 11.6 Å². The molecule has 0 spiro atoms. The van der Waals surface area contributed by atoms with Crippen LogP contribution in [-0.4, -0.2) is 46.2 Å². The quantitative estimate of drug-likeness (QED) is 0.518. The number of furan rings is 1. The Bertz CT molecular complexity index is 1120. The first-order valence-electron chi connectivity index (χ1n) is 8.09. The van der Waals surface area contributed by atoms with Crippen LogP contribution < -0.4 is 5.73 Å². The molecule has 0 saturated carbocycles. The summed E-state index contributed by atoms with van der Waals surface area (Å²) in [6.45, 7) is -0.632. The molecule has 0 fully saturated rings. The molecule has 0 radical (unpaired) electrons. The van der Waals surface area contributed by atoms with Gasteiger partial charge in [0.2, 0.25) is 0 Å². The van der Waals surface area contributed by atoms with Gasteiger partial charge in [0.25, 0.3) is 0 Å². The number of methoxy groups -OCH3 is 1. The molecule has 30 heavy (non-hydrogen) atoms. The van der Waals surface area contributed by atoms with E-state index in [2.05, 4.69) is 9.73 Å². The number of hydrogen-bond acceptors (Lipinski definition) is 7. The van der Waals surface area contributed by atoms with Crippen LogP contribution in [0.15, 0.2) is 61.4 Å². The van der Waals surface area contributed by atoms with Crippen molar-refractivity contribution in [2.24, 2.45) is 10.7 Å². The molecule has 162 valence electrons. The van der Waals surface area contributed by atoms with Crippen LogP contribution in [0.5, 0.6) is 0 Å². The molecule has 0 aliphatic rings. The largest absolute Gasteiger partial charge is 0.468 e. The highest BCUT2D eigenvalue weighted by Crippen LogP contribution is 2.30. The van der Waals surface area contributed by atoms with E-state index in [9.17, 15) is 26.4 Å². The molecular weight excluding hydrogens is 449 g/mol. The van der Waals surface area contributed by atoms with Crippen molar-refractivity contribution in [1.29, 1.82) is 0 Å². The van der Waals surface area contributed by atoms with Crippen LogP contribution in [0.4, 0.5) is 13.2 Å². The first kappa shape index (κ1) is 23.5. The monoisotopic (exact) mass is 464 g/mol. The van der Waals surface area contributed by atoms with Crippen LogP contribution in [0.25, 0.3) is 11.3 Å². The van der Waals surface area contributed by atoms with Gasteiger partial charge in [-0.3, -0.25) is 9.79 Å². The lowest BCUT2D eigenvalue weighted by Gasteiger charge is -2.10. The molecule has 2 rings (SSSR count). The summed E-state index contributed by atoms with van der Waals surface area (Å²) < 4.78 is 72.3. The number of sulfone groups is 1. The maximum atomic E-state index is 13.0. The number of carbonyl (C=O) groups is 1. The third kappa shape index (κ3) is 5.63. The van der Waals surface area contributed by atoms with E-state index in [1.54, 1.807) is 6.07 Å². The third-order valence-corrected chi connectivity index (χ3v) is 5.22. The molecule has 12 heteroatoms. The molecule has 2 aromatic rings. The Morgan fingerprint density at radius 3 is 2.50 bits per heavy atom. The molecule has 1 aromatic heterocycles. The topological polar surface area (TPSA) is 112 Å². The smallest absolute Gasteiger partial charge is 0.432 e. The van der Waals surface area contributed by atoms with Gasteiger partial charge in [-0.25, -0.2) is 8.42 Å². The Morgan fingerprint density at radius 2 is 1.93 bits per heavy atom. The minimum Gasteiger partial charge on any atom is -0.468 e. The Hall–Kier alpha value is -2.79. The van der Waals surface area contributed by atoms with E-state index in [-0.39, 0.29) is 16.4 Å². The van der Waals surface area contributed by atoms with Crippen LogP contribution in [0.1, 0.15) is 5.76 Å². The first-order chi connectivity index (χ1) is 13.8. The molecule has 0 amide bonds. The van der Waals surface area contributed by atoms with Crippen molar-refractivity contribution in [2.45, 2.75) is 11.1 Å². The fraction of sp³-hybridized carbons (Fsp3) is 0.222. The standard InChI is InChI=1S/C18H16ClF3N2O5S/c1-28-14(25)9-24-16(15(19)17(23)18(20,21)22)13-7-6-12(29-13)10-4-3-5-11(8-10)30(2,26)27/h3-8H,9,23H2,1-2H3. The lowest BCUT2D eigenvalue weighted by molar-refractivity contribution is -0.138. The van der Waals surface area contributed by atoms with Crippen LogP contribution in [0.3, 0.4) is 0 Å². The van der Waals surface area contributed by atoms with Gasteiger partial charge in [-0.1, -0.05) is 23.7 Å². The zero-order valence-electron chi connectivity index (χ0n) is 15.7. The lowest BCUT2D eigenvalue weighted by atomic mass is 10.2. The zero-order valence-corrected chi connectivity index (χ0v) is 17.2. The third-order valence-electron chi connectivity index (χ3n) is 3.73. The Morgan fingerprint density at radius 1 is 1.27 bits per heavy atom. The molecule has 0 aliphatic heterocycles. The predicted molar refractivity (Wildman–Crippen MR) is 104 cm³/mol. The summed E-state index contributed by atoms with van der Waals surface area (Å²) in [5, 5.41) is -0.961. The number of hydrogen-bond donors (Lipinski definition) is 1. The molecule has 1 heterocycles. The SMILES string of the molecule is COC(=O)CN=C(C(Cl)=C(N)C(F)(F)F)c1ccc(-c2cccc(S(C)(=O)=O)c2)o1. The number of nitrogens with two attached hydrogens (primary N) is 1. The molecule has 2 N–H and O–H groups in total. The average molecular weight is 465 g/mol. The second kappa shape index (κ2) is 8.92. The molecule has 1 aromatic carbocycles. The Kier molecular flexibility index (Phi) is 6.99. The van der Waals surface area contributed by atoms with Crippen LogP contribution in [0.2, 0.25) is 0 Å². The number of allylic oxidation sites excluding steroid dienone is 2. The maximum absolute atomic E-state index is 13.0. The van der Waals surface area contributed by atoms with Gasteiger partial charge in [-0.05, 0) is 24.3 Å². The minimum atomic E-state index is -4.94. The van der Waals surface area contributed by atoms with Gasteiger partial charge in [0.05, 0.1) is 17.0 Å². The summed E-state index contributed by atoms with van der Waals surface area (Å²) >= 11 is 5.80. The van der Waals surface area contributed by atoms with Crippen molar-refractivity contribution in [1.82, 2.24) is 0 Å². The van der Waals surface area contributed by atoms with Gasteiger partial charge >= 0.3 is 12.1 Å². The van der Waals surface area contributed by atoms with Crippen LogP contribution in [-0.2, 0) is 19.4 Å². The Labute approximate surface area is 174 Å². The molecule has 7 nitrogen and oxygen atoms in total. The van der Waals surface area contributed by atoms with Gasteiger partial charge in [-0.15, -0.1) is 0 Å². The van der Waals surface area contributed by atoms with Crippen molar-refractivity contribution >= 4 is 33.1 Å². The number of nitrogens with zero attached hydrogens (tertiary/aromatic N) is 1. The highest BCUT2D eigenvalue weighted by Gasteiger charge is 2.36. The number of benzene rings is 1. The summed E-state index contributed by atoms with van der Waals surface area (Å²) in [5.41, 5.74) is 3.29. The van der Waals surface area contributed by atoms with Gasteiger partial charge < -0.3 is 14.9 Å². The summed E-state index contributed by atoms with van der Waals surface area (Å²) in [4.78, 5) is 15.1. The Balaban J connectivity index is 2.55. The maximum Gasteiger partial charge on any atom is 0.432 e. The zero-order chi connectivity index (χ0) is 22.7. The molecule has 0 saturated heterocycles. The number of aliphatic imine (C=N–C) groups is 1. The number of rotatable bonds is 6. The van der Waals surface area contributed by atoms with E-state index >= 15 is 0 Å². The molecule has 0 aliphatic carbocycles. The van der Waals surface area contributed by atoms with Crippen LogP contribution in [0, 0.1) is 0 Å². The van der Waals surface area contributed by atoms with Gasteiger partial charge in [0, 0.05) is 11.8 Å². The molecule has 0 bridgehead atoms. The van der Waals surface area contributed by atoms with Crippen molar-refractivity contribution in [3.8, 4) is 11.3 Å². The highest BCUT2D eigenvalue weighted by molar-refractivity contribution is 7.90. The van der Waals surface area contributed by atoms with Crippen molar-refractivity contribution < 1.29 is 35.5 Å². The number of carbonyl (C=O) groups excluding carboxylic acids is 1. The first-order valence-corrected chi connectivity index (χ1v) is 10.4. The summed E-state index contributed by atoms with van der Waals surface area (Å²) in [7, 11) is -2.41. The van der Waals surface area contributed by atoms with E-state index < -0.39 is 45.0 Å². The molecule has 0 atom stereocenters. The average Bonchev–Trinajstić information content (AvgIpc) is 3.15. The van der Waals surface area contributed by atoms with Crippen molar-refractivity contribution in [2.75, 3.05) is 19.9 Å². The van der Waals surface area contributed by atoms with Crippen molar-refractivity contribution in [3.63, 3.8) is 0 Å². The van der Waals surface area contributed by atoms with E-state index in [0.717, 1.165) is 13.4 Å². The van der Waals surface area contributed by atoms with E-state index in [4.69, 9.17) is 21.8 Å². The van der Waals surface area contributed by atoms with Gasteiger partial charge in [0.1, 0.15) is 23.7 Å². The fourth-order valence-electron chi connectivity index (χ4n) is 2.22. The van der Waals surface area contributed by atoms with E-state index in [1.807, 2.05) is 0 Å². The van der Waals surface area contributed by atoms with Crippen molar-refractivity contribution in [3.05, 3.63) is 52.9 Å². The lowest BCUT2D eigenvalue weighted by Crippen LogP contribution is -2.23. The van der Waals surface area contributed by atoms with Gasteiger partial charge in [-0.2, -0.15) is 13.2 Å². The number of esters is 1. The minimum absolute atomic E-state index is 0.0248. The van der Waals surface area contributed by atoms with E-state index in [0.29, 0.717) is 5.56 Å². The normalized spacial score (nSPS) is 13.7. The summed E-state index contributed by atoms with van der Waals surface area (Å²) in [6.07, 6.45) is -3.91. The summed E-state index contributed by atoms with van der Waals surface area (Å²) in [6, 6.07) is 8.40. The highest BCUT2D eigenvalue weighted by atomic mass is 35.5. The second-order valence-electron chi connectivity index (χ2n) is 5.93. The molecular formula is C18H16ClF3N2O5S. The summed E-state index contributed by atoms with van der Waals surface area (Å²) in [5.74, 6) is -0.901. The van der Waals surface area contributed by atoms with Gasteiger partial charge in [0.15, 0.2) is 15.6 Å². The predicted octanol–water partition coefficient (Wildman–Crippen LogP) is 3.28. The number of ether oxygens (including phenoxy) is 1. The second-order valence-corrected chi connectivity index (χ2v) is 8.32. The fourth-order valence-corrected chi connectivity index (χ4v) is 3.14.